The van der Waals surface area contributed by atoms with Crippen molar-refractivity contribution in [2.75, 3.05) is 20.7 Å². The minimum absolute atomic E-state index is 0.282. The van der Waals surface area contributed by atoms with Gasteiger partial charge in [0.25, 0.3) is 0 Å². The van der Waals surface area contributed by atoms with Gasteiger partial charge in [0.05, 0.1) is 29.7 Å². The average molecular weight is 337 g/mol. The van der Waals surface area contributed by atoms with E-state index >= 15 is 0 Å². The van der Waals surface area contributed by atoms with Crippen molar-refractivity contribution in [2.45, 2.75) is 20.0 Å². The molecule has 0 aliphatic rings. The summed E-state index contributed by atoms with van der Waals surface area (Å²) in [5, 5.41) is 0. The lowest BCUT2D eigenvalue weighted by Gasteiger charge is -2.13. The van der Waals surface area contributed by atoms with Crippen LogP contribution in [-0.4, -0.2) is 41.1 Å². The van der Waals surface area contributed by atoms with Crippen LogP contribution < -0.4 is 0 Å². The molecule has 0 amide bonds. The Labute approximate surface area is 147 Å². The van der Waals surface area contributed by atoms with E-state index in [4.69, 9.17) is 9.72 Å². The molecule has 0 radical (unpaired) electrons. The Kier molecular flexibility index (Phi) is 5.14. The van der Waals surface area contributed by atoms with Gasteiger partial charge in [0, 0.05) is 6.54 Å². The molecule has 0 N–H and O–H groups in total. The number of imidazole rings is 1. The van der Waals surface area contributed by atoms with Crippen LogP contribution in [-0.2, 0) is 17.8 Å². The number of fused-ring (bicyclic) bond motifs is 1. The molecule has 25 heavy (non-hydrogen) atoms. The molecule has 3 aromatic rings. The molecule has 0 unspecified atom stereocenters. The molecule has 0 spiro atoms. The van der Waals surface area contributed by atoms with Crippen LogP contribution in [0.2, 0.25) is 0 Å². The van der Waals surface area contributed by atoms with Gasteiger partial charge >= 0.3 is 5.97 Å². The van der Waals surface area contributed by atoms with Crippen LogP contribution in [0.1, 0.15) is 28.7 Å². The first-order chi connectivity index (χ1) is 12.1. The van der Waals surface area contributed by atoms with Crippen molar-refractivity contribution in [3.8, 4) is 0 Å². The minimum atomic E-state index is -0.282. The second kappa shape index (κ2) is 7.49. The molecule has 0 saturated carbocycles. The van der Waals surface area contributed by atoms with E-state index in [0.717, 1.165) is 29.0 Å². The van der Waals surface area contributed by atoms with E-state index in [-0.39, 0.29) is 5.97 Å². The van der Waals surface area contributed by atoms with Crippen molar-refractivity contribution < 1.29 is 9.53 Å². The van der Waals surface area contributed by atoms with E-state index in [1.807, 2.05) is 63.5 Å². The normalized spacial score (nSPS) is 11.2. The third-order valence-electron chi connectivity index (χ3n) is 4.00. The number of hydrogen-bond donors (Lipinski definition) is 0. The highest BCUT2D eigenvalue weighted by molar-refractivity contribution is 5.89. The van der Waals surface area contributed by atoms with Crippen molar-refractivity contribution in [1.82, 2.24) is 14.5 Å². The van der Waals surface area contributed by atoms with Crippen LogP contribution in [0.5, 0.6) is 0 Å². The molecule has 5 heteroatoms. The van der Waals surface area contributed by atoms with Crippen molar-refractivity contribution in [2.24, 2.45) is 0 Å². The zero-order chi connectivity index (χ0) is 17.8. The van der Waals surface area contributed by atoms with Crippen molar-refractivity contribution in [3.05, 3.63) is 65.5 Å². The quantitative estimate of drug-likeness (QED) is 0.648. The van der Waals surface area contributed by atoms with Crippen LogP contribution in [0.3, 0.4) is 0 Å². The monoisotopic (exact) mass is 337 g/mol. The highest BCUT2D eigenvalue weighted by Gasteiger charge is 2.12. The Morgan fingerprint density at radius 3 is 2.52 bits per heavy atom. The number of esters is 1. The minimum Gasteiger partial charge on any atom is -0.462 e. The Hall–Kier alpha value is -2.66. The number of ether oxygens (including phenoxy) is 1. The maximum atomic E-state index is 11.8. The fourth-order valence-corrected chi connectivity index (χ4v) is 2.85. The third kappa shape index (κ3) is 3.88. The highest BCUT2D eigenvalue weighted by atomic mass is 16.5. The van der Waals surface area contributed by atoms with Crippen LogP contribution in [0.25, 0.3) is 11.0 Å². The summed E-state index contributed by atoms with van der Waals surface area (Å²) in [5.74, 6) is 0.746. The summed E-state index contributed by atoms with van der Waals surface area (Å²) in [4.78, 5) is 18.7. The standard InChI is InChI=1S/C20H23N3O2/c1-4-25-20(24)16-11-9-15(10-12-16)13-23-18-8-6-5-7-17(18)21-19(23)14-22(2)3/h5-12H,4,13-14H2,1-3H3. The largest absolute Gasteiger partial charge is 0.462 e. The Bertz CT molecular complexity index is 866. The molecule has 2 aromatic carbocycles. The summed E-state index contributed by atoms with van der Waals surface area (Å²) in [6, 6.07) is 15.7. The number of rotatable bonds is 6. The SMILES string of the molecule is CCOC(=O)c1ccc(Cn2c(CN(C)C)nc3ccccc32)cc1. The highest BCUT2D eigenvalue weighted by Crippen LogP contribution is 2.19. The molecule has 0 aliphatic carbocycles. The number of para-hydroxylation sites is 2. The fraction of sp³-hybridized carbons (Fsp3) is 0.300. The van der Waals surface area contributed by atoms with E-state index in [1.54, 1.807) is 0 Å². The van der Waals surface area contributed by atoms with Gasteiger partial charge in [-0.05, 0) is 50.8 Å². The zero-order valence-electron chi connectivity index (χ0n) is 14.9. The number of aromatic nitrogens is 2. The lowest BCUT2D eigenvalue weighted by molar-refractivity contribution is 0.0526. The van der Waals surface area contributed by atoms with Gasteiger partial charge in [0.15, 0.2) is 0 Å². The molecule has 5 nitrogen and oxygen atoms in total. The maximum Gasteiger partial charge on any atom is 0.338 e. The van der Waals surface area contributed by atoms with Crippen molar-refractivity contribution in [3.63, 3.8) is 0 Å². The summed E-state index contributed by atoms with van der Waals surface area (Å²) < 4.78 is 7.27. The number of carbonyl (C=O) groups excluding carboxylic acids is 1. The summed E-state index contributed by atoms with van der Waals surface area (Å²) in [5.41, 5.74) is 3.82. The van der Waals surface area contributed by atoms with Gasteiger partial charge in [-0.1, -0.05) is 24.3 Å². The van der Waals surface area contributed by atoms with Gasteiger partial charge in [-0.2, -0.15) is 0 Å². The van der Waals surface area contributed by atoms with Crippen LogP contribution in [0.4, 0.5) is 0 Å². The van der Waals surface area contributed by atoms with Crippen molar-refractivity contribution in [1.29, 1.82) is 0 Å². The first-order valence-corrected chi connectivity index (χ1v) is 8.43. The maximum absolute atomic E-state index is 11.8. The Balaban J connectivity index is 1.90. The second-order valence-electron chi connectivity index (χ2n) is 6.26. The molecule has 0 atom stereocenters. The third-order valence-corrected chi connectivity index (χ3v) is 4.00. The summed E-state index contributed by atoms with van der Waals surface area (Å²) >= 11 is 0. The van der Waals surface area contributed by atoms with Gasteiger partial charge in [-0.3, -0.25) is 0 Å². The number of benzene rings is 2. The molecular formula is C20H23N3O2. The van der Waals surface area contributed by atoms with E-state index < -0.39 is 0 Å². The van der Waals surface area contributed by atoms with Crippen LogP contribution >= 0.6 is 0 Å². The number of carbonyl (C=O) groups is 1. The average Bonchev–Trinajstić information content (AvgIpc) is 2.92. The lowest BCUT2D eigenvalue weighted by Crippen LogP contribution is -2.16. The molecule has 1 heterocycles. The molecule has 0 aliphatic heterocycles. The second-order valence-corrected chi connectivity index (χ2v) is 6.26. The fourth-order valence-electron chi connectivity index (χ4n) is 2.85. The van der Waals surface area contributed by atoms with Crippen LogP contribution in [0, 0.1) is 0 Å². The molecule has 3 rings (SSSR count). The molecule has 130 valence electrons. The number of hydrogen-bond acceptors (Lipinski definition) is 4. The predicted octanol–water partition coefficient (Wildman–Crippen LogP) is 3.32. The zero-order valence-corrected chi connectivity index (χ0v) is 14.9. The molecule has 0 fully saturated rings. The smallest absolute Gasteiger partial charge is 0.338 e. The van der Waals surface area contributed by atoms with Gasteiger partial charge in [-0.15, -0.1) is 0 Å². The van der Waals surface area contributed by atoms with E-state index in [2.05, 4.69) is 15.5 Å². The van der Waals surface area contributed by atoms with Crippen molar-refractivity contribution >= 4 is 17.0 Å². The first-order valence-electron chi connectivity index (χ1n) is 8.43. The van der Waals surface area contributed by atoms with E-state index in [9.17, 15) is 4.79 Å². The summed E-state index contributed by atoms with van der Waals surface area (Å²) in [6.45, 7) is 3.68. The molecular weight excluding hydrogens is 314 g/mol. The predicted molar refractivity (Wildman–Crippen MR) is 98.6 cm³/mol. The van der Waals surface area contributed by atoms with Gasteiger partial charge in [0.1, 0.15) is 5.82 Å². The molecule has 0 saturated heterocycles. The van der Waals surface area contributed by atoms with E-state index in [1.165, 1.54) is 0 Å². The Morgan fingerprint density at radius 2 is 1.84 bits per heavy atom. The Morgan fingerprint density at radius 1 is 1.12 bits per heavy atom. The lowest BCUT2D eigenvalue weighted by atomic mass is 10.1. The van der Waals surface area contributed by atoms with Gasteiger partial charge < -0.3 is 14.2 Å². The molecule has 0 bridgehead atoms. The van der Waals surface area contributed by atoms with Gasteiger partial charge in [-0.25, -0.2) is 9.78 Å². The van der Waals surface area contributed by atoms with Gasteiger partial charge in [0.2, 0.25) is 0 Å². The molecule has 1 aromatic heterocycles. The number of nitrogens with zero attached hydrogens (tertiary/aromatic N) is 3. The topological polar surface area (TPSA) is 47.4 Å². The van der Waals surface area contributed by atoms with E-state index in [0.29, 0.717) is 18.7 Å². The first kappa shape index (κ1) is 17.2. The summed E-state index contributed by atoms with van der Waals surface area (Å²) in [6.07, 6.45) is 0. The van der Waals surface area contributed by atoms with Crippen LogP contribution in [0.15, 0.2) is 48.5 Å². The summed E-state index contributed by atoms with van der Waals surface area (Å²) in [7, 11) is 4.08.